The predicted octanol–water partition coefficient (Wildman–Crippen LogP) is 1.50. The van der Waals surface area contributed by atoms with Gasteiger partial charge in [-0.15, -0.1) is 0 Å². The summed E-state index contributed by atoms with van der Waals surface area (Å²) in [6.07, 6.45) is 0. The Hall–Kier alpha value is -1.26. The van der Waals surface area contributed by atoms with Crippen LogP contribution in [0.5, 0.6) is 0 Å². The Kier molecular flexibility index (Phi) is 6.87. The molecular formula is C14H30N4O. The third-order valence-electron chi connectivity index (χ3n) is 2.42. The van der Waals surface area contributed by atoms with Crippen LogP contribution in [0.25, 0.3) is 0 Å². The van der Waals surface area contributed by atoms with Gasteiger partial charge in [-0.1, -0.05) is 0 Å². The molecule has 0 aromatic heterocycles. The van der Waals surface area contributed by atoms with Crippen LogP contribution < -0.4 is 16.0 Å². The van der Waals surface area contributed by atoms with Gasteiger partial charge in [-0.2, -0.15) is 0 Å². The van der Waals surface area contributed by atoms with E-state index in [0.717, 1.165) is 12.5 Å². The van der Waals surface area contributed by atoms with Gasteiger partial charge in [0.05, 0.1) is 12.0 Å². The summed E-state index contributed by atoms with van der Waals surface area (Å²) in [7, 11) is 0. The summed E-state index contributed by atoms with van der Waals surface area (Å²) in [5, 5.41) is 9.34. The van der Waals surface area contributed by atoms with Gasteiger partial charge in [0, 0.05) is 18.6 Å². The summed E-state index contributed by atoms with van der Waals surface area (Å²) >= 11 is 0. The van der Waals surface area contributed by atoms with Gasteiger partial charge >= 0.3 is 0 Å². The predicted molar refractivity (Wildman–Crippen MR) is 81.3 cm³/mol. The molecule has 0 unspecified atom stereocenters. The number of carbonyl (C=O) groups excluding carboxylic acids is 1. The first-order valence-electron chi connectivity index (χ1n) is 6.97. The lowest BCUT2D eigenvalue weighted by Crippen LogP contribution is -2.48. The number of rotatable bonds is 5. The average molecular weight is 270 g/mol. The molecule has 0 aromatic carbocycles. The zero-order valence-corrected chi connectivity index (χ0v) is 13.5. The summed E-state index contributed by atoms with van der Waals surface area (Å²) in [5.74, 6) is 0.776. The summed E-state index contributed by atoms with van der Waals surface area (Å²) in [5.41, 5.74) is -0.562. The Morgan fingerprint density at radius 3 is 1.95 bits per heavy atom. The van der Waals surface area contributed by atoms with Crippen molar-refractivity contribution in [1.82, 2.24) is 16.0 Å². The summed E-state index contributed by atoms with van der Waals surface area (Å²) in [4.78, 5) is 16.4. The van der Waals surface area contributed by atoms with Gasteiger partial charge in [-0.25, -0.2) is 0 Å². The number of nitrogens with one attached hydrogen (secondary N) is 3. The average Bonchev–Trinajstić information content (AvgIpc) is 2.25. The summed E-state index contributed by atoms with van der Waals surface area (Å²) < 4.78 is 0. The van der Waals surface area contributed by atoms with Gasteiger partial charge in [0.2, 0.25) is 5.91 Å². The van der Waals surface area contributed by atoms with Gasteiger partial charge in [-0.05, 0) is 48.5 Å². The highest BCUT2D eigenvalue weighted by Gasteiger charge is 2.27. The van der Waals surface area contributed by atoms with Crippen molar-refractivity contribution in [2.45, 2.75) is 54.0 Å². The molecule has 0 aliphatic heterocycles. The van der Waals surface area contributed by atoms with Crippen LogP contribution >= 0.6 is 0 Å². The van der Waals surface area contributed by atoms with Gasteiger partial charge in [0.25, 0.3) is 0 Å². The zero-order chi connectivity index (χ0) is 15.1. The highest BCUT2D eigenvalue weighted by molar-refractivity contribution is 5.84. The van der Waals surface area contributed by atoms with E-state index in [9.17, 15) is 4.79 Å². The molecule has 5 heteroatoms. The minimum atomic E-state index is -0.504. The molecule has 3 N–H and O–H groups in total. The first-order chi connectivity index (χ1) is 8.62. The normalized spacial score (nSPS) is 13.1. The lowest BCUT2D eigenvalue weighted by atomic mass is 9.92. The molecule has 5 nitrogen and oxygen atoms in total. The topological polar surface area (TPSA) is 65.5 Å². The van der Waals surface area contributed by atoms with E-state index >= 15 is 0 Å². The first-order valence-corrected chi connectivity index (χ1v) is 6.97. The lowest BCUT2D eigenvalue weighted by Gasteiger charge is -2.26. The molecule has 0 fully saturated rings. The van der Waals surface area contributed by atoms with Crippen molar-refractivity contribution in [2.24, 2.45) is 10.4 Å². The number of nitrogens with zero attached hydrogens (tertiary/aromatic N) is 1. The Morgan fingerprint density at radius 2 is 1.53 bits per heavy atom. The summed E-state index contributed by atoms with van der Waals surface area (Å²) in [6, 6.07) is 0. The number of amides is 1. The fourth-order valence-electron chi connectivity index (χ4n) is 1.41. The highest BCUT2D eigenvalue weighted by atomic mass is 16.2. The molecule has 112 valence electrons. The fraction of sp³-hybridized carbons (Fsp3) is 0.857. The van der Waals surface area contributed by atoms with Gasteiger partial charge in [0.1, 0.15) is 0 Å². The van der Waals surface area contributed by atoms with E-state index in [2.05, 4.69) is 41.7 Å². The van der Waals surface area contributed by atoms with Crippen LogP contribution in [0.4, 0.5) is 0 Å². The Bertz CT molecular complexity index is 316. The Morgan fingerprint density at radius 1 is 1.00 bits per heavy atom. The third-order valence-corrected chi connectivity index (χ3v) is 2.42. The Balaban J connectivity index is 4.72. The smallest absolute Gasteiger partial charge is 0.227 e. The minimum absolute atomic E-state index is 0.0327. The second-order valence-electron chi connectivity index (χ2n) is 6.31. The maximum atomic E-state index is 11.9. The first kappa shape index (κ1) is 17.7. The SMILES string of the molecule is CCNC(=O)C(C)(C)CN=C(NCC)NC(C)(C)C. The quantitative estimate of drug-likeness (QED) is 0.524. The van der Waals surface area contributed by atoms with Crippen LogP contribution in [0.3, 0.4) is 0 Å². The number of aliphatic imine (C=N–C) groups is 1. The fourth-order valence-corrected chi connectivity index (χ4v) is 1.41. The highest BCUT2D eigenvalue weighted by Crippen LogP contribution is 2.15. The molecule has 0 spiro atoms. The molecule has 0 aliphatic rings. The van der Waals surface area contributed by atoms with E-state index < -0.39 is 5.41 Å². The largest absolute Gasteiger partial charge is 0.357 e. The van der Waals surface area contributed by atoms with Crippen molar-refractivity contribution in [3.05, 3.63) is 0 Å². The standard InChI is InChI=1S/C14H30N4O/c1-8-15-11(19)14(6,7)10-17-12(16-9-2)18-13(3,4)5/h8-10H2,1-7H3,(H,15,19)(H2,16,17,18). The van der Waals surface area contributed by atoms with Crippen LogP contribution in [-0.2, 0) is 4.79 Å². The van der Waals surface area contributed by atoms with Crippen LogP contribution in [-0.4, -0.2) is 37.0 Å². The van der Waals surface area contributed by atoms with Crippen LogP contribution in [0.1, 0.15) is 48.5 Å². The van der Waals surface area contributed by atoms with Crippen molar-refractivity contribution in [3.63, 3.8) is 0 Å². The van der Waals surface area contributed by atoms with Crippen LogP contribution in [0.2, 0.25) is 0 Å². The van der Waals surface area contributed by atoms with Gasteiger partial charge in [-0.3, -0.25) is 9.79 Å². The minimum Gasteiger partial charge on any atom is -0.357 e. The van der Waals surface area contributed by atoms with Crippen molar-refractivity contribution >= 4 is 11.9 Å². The molecule has 0 aromatic rings. The molecule has 0 saturated heterocycles. The molecule has 1 amide bonds. The number of hydrogen-bond donors (Lipinski definition) is 3. The molecule has 0 heterocycles. The molecule has 0 aliphatic carbocycles. The van der Waals surface area contributed by atoms with E-state index in [1.807, 2.05) is 27.7 Å². The number of carbonyl (C=O) groups is 1. The van der Waals surface area contributed by atoms with Crippen molar-refractivity contribution in [2.75, 3.05) is 19.6 Å². The van der Waals surface area contributed by atoms with Crippen LogP contribution in [0, 0.1) is 5.41 Å². The number of hydrogen-bond acceptors (Lipinski definition) is 2. The second-order valence-corrected chi connectivity index (χ2v) is 6.31. The molecular weight excluding hydrogens is 240 g/mol. The third kappa shape index (κ3) is 7.70. The van der Waals surface area contributed by atoms with Crippen molar-refractivity contribution < 1.29 is 4.79 Å². The van der Waals surface area contributed by atoms with Crippen molar-refractivity contribution in [3.8, 4) is 0 Å². The Labute approximate surface area is 117 Å². The molecule has 0 atom stereocenters. The van der Waals surface area contributed by atoms with Gasteiger partial charge < -0.3 is 16.0 Å². The zero-order valence-electron chi connectivity index (χ0n) is 13.5. The maximum absolute atomic E-state index is 11.9. The molecule has 0 saturated carbocycles. The monoisotopic (exact) mass is 270 g/mol. The second kappa shape index (κ2) is 7.36. The maximum Gasteiger partial charge on any atom is 0.227 e. The van der Waals surface area contributed by atoms with Crippen LogP contribution in [0.15, 0.2) is 4.99 Å². The van der Waals surface area contributed by atoms with E-state index in [0.29, 0.717) is 13.1 Å². The van der Waals surface area contributed by atoms with E-state index in [4.69, 9.17) is 0 Å². The molecule has 0 radical (unpaired) electrons. The van der Waals surface area contributed by atoms with Gasteiger partial charge in [0.15, 0.2) is 5.96 Å². The van der Waals surface area contributed by atoms with E-state index in [1.165, 1.54) is 0 Å². The number of guanidine groups is 1. The molecule has 0 bridgehead atoms. The molecule has 19 heavy (non-hydrogen) atoms. The lowest BCUT2D eigenvalue weighted by molar-refractivity contribution is -0.128. The van der Waals surface area contributed by atoms with E-state index in [1.54, 1.807) is 0 Å². The van der Waals surface area contributed by atoms with Crippen molar-refractivity contribution in [1.29, 1.82) is 0 Å². The molecule has 0 rings (SSSR count). The summed E-state index contributed by atoms with van der Waals surface area (Å²) in [6.45, 7) is 15.9. The van der Waals surface area contributed by atoms with E-state index in [-0.39, 0.29) is 11.4 Å².